The number of aryl methyl sites for hydroxylation is 1. The molecule has 0 saturated heterocycles. The monoisotopic (exact) mass is 350 g/mol. The molecular weight excluding hydrogens is 328 g/mol. The van der Waals surface area contributed by atoms with Crippen molar-refractivity contribution in [1.29, 1.82) is 0 Å². The number of pyridine rings is 1. The number of aromatic nitrogens is 3. The molecule has 6 nitrogen and oxygen atoms in total. The number of carbonyl (C=O) groups excluding carboxylic acids is 1. The molecule has 0 spiro atoms. The first-order valence-electron chi connectivity index (χ1n) is 8.99. The molecule has 3 heterocycles. The van der Waals surface area contributed by atoms with Crippen LogP contribution in [0.1, 0.15) is 42.8 Å². The Morgan fingerprint density at radius 1 is 1.35 bits per heavy atom. The maximum Gasteiger partial charge on any atom is 0.220 e. The fraction of sp³-hybridized carbons (Fsp3) is 0.350. The van der Waals surface area contributed by atoms with E-state index >= 15 is 0 Å². The van der Waals surface area contributed by atoms with E-state index in [4.69, 9.17) is 4.42 Å². The van der Waals surface area contributed by atoms with Crippen LogP contribution in [0, 0.1) is 5.92 Å². The lowest BCUT2D eigenvalue weighted by molar-refractivity contribution is -0.121. The van der Waals surface area contributed by atoms with Gasteiger partial charge in [-0.15, -0.1) is 0 Å². The fourth-order valence-electron chi connectivity index (χ4n) is 3.07. The largest absolute Gasteiger partial charge is 0.466 e. The van der Waals surface area contributed by atoms with Crippen LogP contribution in [0.4, 0.5) is 0 Å². The predicted molar refractivity (Wildman–Crippen MR) is 96.8 cm³/mol. The molecule has 1 saturated carbocycles. The Labute approximate surface area is 152 Å². The van der Waals surface area contributed by atoms with Gasteiger partial charge < -0.3 is 9.73 Å². The lowest BCUT2D eigenvalue weighted by Crippen LogP contribution is -2.23. The van der Waals surface area contributed by atoms with Crippen LogP contribution < -0.4 is 5.32 Å². The predicted octanol–water partition coefficient (Wildman–Crippen LogP) is 3.23. The van der Waals surface area contributed by atoms with Gasteiger partial charge >= 0.3 is 0 Å². The summed E-state index contributed by atoms with van der Waals surface area (Å²) in [4.78, 5) is 16.4. The second-order valence-electron chi connectivity index (χ2n) is 6.87. The molecule has 1 aliphatic rings. The zero-order valence-electron chi connectivity index (χ0n) is 14.8. The van der Waals surface area contributed by atoms with Crippen molar-refractivity contribution >= 4 is 5.91 Å². The number of rotatable bonds is 7. The van der Waals surface area contributed by atoms with Gasteiger partial charge in [-0.3, -0.25) is 4.79 Å². The Morgan fingerprint density at radius 3 is 3.00 bits per heavy atom. The maximum atomic E-state index is 12.1. The summed E-state index contributed by atoms with van der Waals surface area (Å²) in [5.41, 5.74) is 0.988. The zero-order valence-corrected chi connectivity index (χ0v) is 14.8. The van der Waals surface area contributed by atoms with Crippen molar-refractivity contribution in [2.75, 3.05) is 0 Å². The smallest absolute Gasteiger partial charge is 0.220 e. The van der Waals surface area contributed by atoms with Crippen molar-refractivity contribution < 1.29 is 9.21 Å². The van der Waals surface area contributed by atoms with E-state index in [1.165, 1.54) is 6.42 Å². The van der Waals surface area contributed by atoms with E-state index in [0.717, 1.165) is 28.8 Å². The molecule has 2 unspecified atom stereocenters. The van der Waals surface area contributed by atoms with Crippen molar-refractivity contribution in [3.8, 4) is 5.82 Å². The molecule has 0 radical (unpaired) electrons. The molecule has 1 aliphatic carbocycles. The van der Waals surface area contributed by atoms with Crippen LogP contribution in [0.25, 0.3) is 5.82 Å². The molecule has 0 bridgehead atoms. The number of hydrogen-bond donors (Lipinski definition) is 1. The van der Waals surface area contributed by atoms with Gasteiger partial charge in [0, 0.05) is 43.9 Å². The third-order valence-corrected chi connectivity index (χ3v) is 4.79. The molecular formula is C20H22N4O2. The van der Waals surface area contributed by atoms with Crippen molar-refractivity contribution in [3.05, 3.63) is 66.0 Å². The first kappa shape index (κ1) is 16.6. The van der Waals surface area contributed by atoms with Gasteiger partial charge in [0.25, 0.3) is 0 Å². The van der Waals surface area contributed by atoms with E-state index in [9.17, 15) is 4.79 Å². The van der Waals surface area contributed by atoms with Crippen LogP contribution in [0.15, 0.2) is 53.3 Å². The van der Waals surface area contributed by atoms with E-state index in [1.54, 1.807) is 17.1 Å². The van der Waals surface area contributed by atoms with Crippen LogP contribution in [0.5, 0.6) is 0 Å². The fourth-order valence-corrected chi connectivity index (χ4v) is 3.07. The van der Waals surface area contributed by atoms with Gasteiger partial charge in [0.15, 0.2) is 5.82 Å². The van der Waals surface area contributed by atoms with Crippen LogP contribution >= 0.6 is 0 Å². The van der Waals surface area contributed by atoms with Crippen molar-refractivity contribution in [2.24, 2.45) is 5.92 Å². The normalized spacial score (nSPS) is 18.7. The number of hydrogen-bond acceptors (Lipinski definition) is 4. The summed E-state index contributed by atoms with van der Waals surface area (Å²) in [5.74, 6) is 4.01. The first-order valence-corrected chi connectivity index (χ1v) is 8.99. The number of nitrogens with zero attached hydrogens (tertiary/aromatic N) is 3. The minimum absolute atomic E-state index is 0.0141. The van der Waals surface area contributed by atoms with Crippen LogP contribution in [-0.4, -0.2) is 20.7 Å². The van der Waals surface area contributed by atoms with Crippen molar-refractivity contribution in [3.63, 3.8) is 0 Å². The van der Waals surface area contributed by atoms with Gasteiger partial charge in [0.05, 0.1) is 0 Å². The maximum absolute atomic E-state index is 12.1. The molecule has 26 heavy (non-hydrogen) atoms. The van der Waals surface area contributed by atoms with Gasteiger partial charge in [0.2, 0.25) is 5.91 Å². The molecule has 0 aliphatic heterocycles. The average molecular weight is 350 g/mol. The molecule has 3 aromatic rings. The van der Waals surface area contributed by atoms with E-state index in [-0.39, 0.29) is 5.91 Å². The quantitative estimate of drug-likeness (QED) is 0.710. The average Bonchev–Trinajstić information content (AvgIpc) is 3.10. The minimum Gasteiger partial charge on any atom is -0.466 e. The Bertz CT molecular complexity index is 885. The summed E-state index contributed by atoms with van der Waals surface area (Å²) in [6, 6.07) is 9.70. The minimum atomic E-state index is 0.0141. The van der Waals surface area contributed by atoms with E-state index in [1.807, 2.05) is 30.5 Å². The summed E-state index contributed by atoms with van der Waals surface area (Å²) in [6.07, 6.45) is 7.53. The summed E-state index contributed by atoms with van der Waals surface area (Å²) in [7, 11) is 0. The number of furan rings is 1. The standard InChI is InChI=1S/C20H22N4O2/c1-14-11-17(14)18-5-3-16(26-18)4-6-20(25)22-13-15-7-9-21-19(12-15)24-10-2-8-23-24/h2-3,5,7-10,12,14,17H,4,6,11,13H2,1H3,(H,22,25). The molecule has 1 fully saturated rings. The highest BCUT2D eigenvalue weighted by Gasteiger charge is 2.36. The molecule has 6 heteroatoms. The van der Waals surface area contributed by atoms with Crippen molar-refractivity contribution in [2.45, 2.75) is 38.6 Å². The highest BCUT2D eigenvalue weighted by Crippen LogP contribution is 2.47. The third-order valence-electron chi connectivity index (χ3n) is 4.79. The number of nitrogens with one attached hydrogen (secondary N) is 1. The Kier molecular flexibility index (Phi) is 4.56. The van der Waals surface area contributed by atoms with E-state index < -0.39 is 0 Å². The molecule has 3 aromatic heterocycles. The van der Waals surface area contributed by atoms with Crippen molar-refractivity contribution in [1.82, 2.24) is 20.1 Å². The zero-order chi connectivity index (χ0) is 17.9. The van der Waals surface area contributed by atoms with Crippen LogP contribution in [0.3, 0.4) is 0 Å². The SMILES string of the molecule is CC1CC1c1ccc(CCC(=O)NCc2ccnc(-n3cccn3)c2)o1. The lowest BCUT2D eigenvalue weighted by atomic mass is 10.2. The highest BCUT2D eigenvalue weighted by atomic mass is 16.3. The second-order valence-corrected chi connectivity index (χ2v) is 6.87. The Balaban J connectivity index is 1.26. The molecule has 1 amide bonds. The van der Waals surface area contributed by atoms with Crippen LogP contribution in [0.2, 0.25) is 0 Å². The highest BCUT2D eigenvalue weighted by molar-refractivity contribution is 5.76. The van der Waals surface area contributed by atoms with E-state index in [2.05, 4.69) is 28.4 Å². The first-order chi connectivity index (χ1) is 12.7. The number of carbonyl (C=O) groups is 1. The number of amides is 1. The summed E-state index contributed by atoms with van der Waals surface area (Å²) in [5, 5.41) is 7.12. The molecule has 4 rings (SSSR count). The van der Waals surface area contributed by atoms with E-state index in [0.29, 0.717) is 25.3 Å². The van der Waals surface area contributed by atoms with Gasteiger partial charge in [-0.05, 0) is 48.2 Å². The van der Waals surface area contributed by atoms with Gasteiger partial charge in [-0.25, -0.2) is 9.67 Å². The molecule has 2 atom stereocenters. The Hall–Kier alpha value is -2.89. The molecule has 134 valence electrons. The lowest BCUT2D eigenvalue weighted by Gasteiger charge is -2.06. The topological polar surface area (TPSA) is 73.0 Å². The summed E-state index contributed by atoms with van der Waals surface area (Å²) < 4.78 is 7.55. The Morgan fingerprint density at radius 2 is 2.23 bits per heavy atom. The van der Waals surface area contributed by atoms with Crippen LogP contribution in [-0.2, 0) is 17.8 Å². The second kappa shape index (κ2) is 7.15. The molecule has 1 N–H and O–H groups in total. The summed E-state index contributed by atoms with van der Waals surface area (Å²) >= 11 is 0. The van der Waals surface area contributed by atoms with Gasteiger partial charge in [0.1, 0.15) is 11.5 Å². The van der Waals surface area contributed by atoms with Gasteiger partial charge in [-0.2, -0.15) is 5.10 Å². The molecule has 0 aromatic carbocycles. The van der Waals surface area contributed by atoms with Gasteiger partial charge in [-0.1, -0.05) is 6.92 Å². The summed E-state index contributed by atoms with van der Waals surface area (Å²) in [6.45, 7) is 2.70. The third kappa shape index (κ3) is 3.85.